The van der Waals surface area contributed by atoms with E-state index in [1.54, 1.807) is 0 Å². The van der Waals surface area contributed by atoms with Crippen molar-refractivity contribution in [3.63, 3.8) is 0 Å². The zero-order valence-electron chi connectivity index (χ0n) is 33.6. The summed E-state index contributed by atoms with van der Waals surface area (Å²) in [4.78, 5) is 46.5. The molecular weight excluding hydrogens is 614 g/mol. The maximum Gasteiger partial charge on any atom is 0.315 e. The zero-order chi connectivity index (χ0) is 38.0. The van der Waals surface area contributed by atoms with Crippen LogP contribution in [0.1, 0.15) is 129 Å². The monoisotopic (exact) mass is 694 g/mol. The van der Waals surface area contributed by atoms with Crippen LogP contribution in [0.3, 0.4) is 0 Å². The summed E-state index contributed by atoms with van der Waals surface area (Å²) in [5.41, 5.74) is -0.0173. The van der Waals surface area contributed by atoms with Crippen molar-refractivity contribution in [1.82, 2.24) is 24.7 Å². The predicted molar refractivity (Wildman–Crippen MR) is 205 cm³/mol. The highest BCUT2D eigenvalue weighted by molar-refractivity contribution is 7.97. The first kappa shape index (κ1) is 54.6. The fourth-order valence-electron chi connectivity index (χ4n) is 4.04. The predicted octanol–water partition coefficient (Wildman–Crippen LogP) is 7.67. The molecule has 2 fully saturated rings. The van der Waals surface area contributed by atoms with Crippen molar-refractivity contribution in [2.45, 2.75) is 141 Å². The minimum absolute atomic E-state index is 0.0173. The van der Waals surface area contributed by atoms with E-state index in [-0.39, 0.29) is 36.5 Å². The van der Waals surface area contributed by atoms with Gasteiger partial charge in [-0.2, -0.15) is 0 Å². The summed E-state index contributed by atoms with van der Waals surface area (Å²) in [5, 5.41) is 12.4. The van der Waals surface area contributed by atoms with Gasteiger partial charge in [0.2, 0.25) is 5.91 Å². The van der Waals surface area contributed by atoms with Gasteiger partial charge in [0.15, 0.2) is 0 Å². The first-order valence-corrected chi connectivity index (χ1v) is 19.0. The number of rotatable bonds is 9. The Hall–Kier alpha value is -1.85. The second kappa shape index (κ2) is 37.0. The van der Waals surface area contributed by atoms with E-state index in [0.29, 0.717) is 18.1 Å². The van der Waals surface area contributed by atoms with Crippen LogP contribution in [0.15, 0.2) is 0 Å². The molecule has 0 aliphatic carbocycles. The van der Waals surface area contributed by atoms with Crippen molar-refractivity contribution in [2.75, 3.05) is 52.6 Å². The lowest BCUT2D eigenvalue weighted by Gasteiger charge is -2.36. The molecule has 2 saturated heterocycles. The van der Waals surface area contributed by atoms with Crippen molar-refractivity contribution in [1.29, 1.82) is 0 Å². The molecule has 0 saturated carbocycles. The molecular formula is C36H79N5O5S. The van der Waals surface area contributed by atoms with Crippen LogP contribution in [-0.4, -0.2) is 109 Å². The van der Waals surface area contributed by atoms with Gasteiger partial charge in [-0.1, -0.05) is 115 Å². The standard InChI is InChI=1S/C13H25N3O2S.C12H24N2O.C4H10.3C2H6.CH2O2/c1-13(2,3)11(15-12(18)14-6-8-17)10-16-7-4-5-9-19-16;1-5-10(2)9-14(4)12(15)11-7-6-8-13(11)3;1-4(2)3;3*1-2;2-1-3/h8,11H,4-7,9-10H2,1-3H3,(H2,14,15,18);10-11H,5-9H2,1-4H3;4H,1-3H3;3*1-2H3;1H,(H,2,3)/t;10?,11-;;;;;/m.0...../s1. The van der Waals surface area contributed by atoms with Crippen LogP contribution in [0.4, 0.5) is 4.79 Å². The first-order valence-electron chi connectivity index (χ1n) is 18.0. The molecule has 0 aromatic heterocycles. The molecule has 2 heterocycles. The average Bonchev–Trinajstić information content (AvgIpc) is 3.48. The number of likely N-dealkylation sites (tertiary alicyclic amines) is 1. The molecule has 284 valence electrons. The maximum absolute atomic E-state index is 12.1. The minimum Gasteiger partial charge on any atom is -0.483 e. The number of urea groups is 1. The molecule has 2 aliphatic heterocycles. The highest BCUT2D eigenvalue weighted by Crippen LogP contribution is 2.25. The number of carboxylic acid groups (broad SMARTS) is 1. The molecule has 0 spiro atoms. The Bertz CT molecular complexity index is 714. The van der Waals surface area contributed by atoms with E-state index in [1.165, 1.54) is 12.8 Å². The Morgan fingerprint density at radius 1 is 0.979 bits per heavy atom. The van der Waals surface area contributed by atoms with E-state index in [1.807, 2.05) is 72.5 Å². The highest BCUT2D eigenvalue weighted by Gasteiger charge is 2.30. The molecule has 0 aromatic rings. The molecule has 0 radical (unpaired) electrons. The van der Waals surface area contributed by atoms with Gasteiger partial charge in [-0.3, -0.25) is 14.5 Å². The van der Waals surface area contributed by atoms with Crippen LogP contribution in [0.5, 0.6) is 0 Å². The van der Waals surface area contributed by atoms with Crippen LogP contribution in [0.25, 0.3) is 0 Å². The van der Waals surface area contributed by atoms with Crippen LogP contribution >= 0.6 is 11.9 Å². The van der Waals surface area contributed by atoms with E-state index in [4.69, 9.17) is 9.90 Å². The lowest BCUT2D eigenvalue weighted by atomic mass is 9.86. The molecule has 0 bridgehead atoms. The summed E-state index contributed by atoms with van der Waals surface area (Å²) < 4.78 is 2.33. The summed E-state index contributed by atoms with van der Waals surface area (Å²) in [6, 6.07) is -0.0714. The normalized spacial score (nSPS) is 16.7. The third-order valence-electron chi connectivity index (χ3n) is 6.62. The Morgan fingerprint density at radius 2 is 1.49 bits per heavy atom. The van der Waals surface area contributed by atoms with Gasteiger partial charge in [0.1, 0.15) is 6.29 Å². The Morgan fingerprint density at radius 3 is 1.85 bits per heavy atom. The van der Waals surface area contributed by atoms with E-state index in [2.05, 4.69) is 75.2 Å². The van der Waals surface area contributed by atoms with E-state index in [9.17, 15) is 14.4 Å². The van der Waals surface area contributed by atoms with E-state index < -0.39 is 0 Å². The number of carbonyl (C=O) groups excluding carboxylic acids is 3. The molecule has 3 atom stereocenters. The molecule has 0 aromatic carbocycles. The van der Waals surface area contributed by atoms with Crippen LogP contribution in [0, 0.1) is 17.3 Å². The van der Waals surface area contributed by atoms with Crippen molar-refractivity contribution in [3.8, 4) is 0 Å². The van der Waals surface area contributed by atoms with Gasteiger partial charge < -0.3 is 25.4 Å². The fraction of sp³-hybridized carbons (Fsp3) is 0.889. The summed E-state index contributed by atoms with van der Waals surface area (Å²) in [5.74, 6) is 2.90. The topological polar surface area (TPSA) is 122 Å². The molecule has 2 unspecified atom stereocenters. The number of hydrogen-bond acceptors (Lipinski definition) is 7. The number of nitrogens with one attached hydrogen (secondary N) is 2. The molecule has 47 heavy (non-hydrogen) atoms. The zero-order valence-corrected chi connectivity index (χ0v) is 34.4. The molecule has 2 aliphatic rings. The third kappa shape index (κ3) is 33.8. The molecule has 10 nitrogen and oxygen atoms in total. The van der Waals surface area contributed by atoms with E-state index in [0.717, 1.165) is 57.1 Å². The summed E-state index contributed by atoms with van der Waals surface area (Å²) in [6.07, 6.45) is 6.50. The summed E-state index contributed by atoms with van der Waals surface area (Å²) in [7, 11) is 3.98. The number of carbonyl (C=O) groups is 4. The minimum atomic E-state index is -0.269. The molecule has 2 rings (SSSR count). The van der Waals surface area contributed by atoms with Crippen LogP contribution in [0.2, 0.25) is 0 Å². The van der Waals surface area contributed by atoms with Gasteiger partial charge in [0.05, 0.1) is 12.6 Å². The largest absolute Gasteiger partial charge is 0.483 e. The SMILES string of the molecule is CC.CC.CC.CC(C)(C)C(CN1CCCCS1)NC(=O)NCC=O.CC(C)C.CCC(C)CN(C)C(=O)[C@@H]1CCCN1C.O=CO. The van der Waals surface area contributed by atoms with Crippen molar-refractivity contribution in [2.24, 2.45) is 17.3 Å². The van der Waals surface area contributed by atoms with Gasteiger partial charge in [-0.05, 0) is 56.5 Å². The average molecular weight is 694 g/mol. The number of hydrogen-bond donors (Lipinski definition) is 3. The summed E-state index contributed by atoms with van der Waals surface area (Å²) >= 11 is 1.86. The Labute approximate surface area is 296 Å². The first-order chi connectivity index (χ1) is 22.1. The van der Waals surface area contributed by atoms with Gasteiger partial charge in [0, 0.05) is 38.5 Å². The van der Waals surface area contributed by atoms with Gasteiger partial charge in [0.25, 0.3) is 6.47 Å². The van der Waals surface area contributed by atoms with Gasteiger partial charge in [-0.25, -0.2) is 9.10 Å². The maximum atomic E-state index is 12.1. The van der Waals surface area contributed by atoms with Crippen molar-refractivity contribution < 1.29 is 24.3 Å². The van der Waals surface area contributed by atoms with Gasteiger partial charge in [-0.15, -0.1) is 0 Å². The number of nitrogens with zero attached hydrogens (tertiary/aromatic N) is 3. The van der Waals surface area contributed by atoms with Crippen molar-refractivity contribution in [3.05, 3.63) is 0 Å². The number of likely N-dealkylation sites (N-methyl/N-ethyl adjacent to an activating group) is 2. The number of amides is 3. The fourth-order valence-corrected chi connectivity index (χ4v) is 5.14. The lowest BCUT2D eigenvalue weighted by Crippen LogP contribution is -2.53. The van der Waals surface area contributed by atoms with E-state index >= 15 is 0 Å². The second-order valence-corrected chi connectivity index (χ2v) is 13.8. The smallest absolute Gasteiger partial charge is 0.315 e. The third-order valence-corrected chi connectivity index (χ3v) is 7.79. The van der Waals surface area contributed by atoms with Crippen LogP contribution < -0.4 is 10.6 Å². The Kier molecular flexibility index (Phi) is 43.0. The Balaban J connectivity index is -0.000000186. The molecule has 3 N–H and O–H groups in total. The van der Waals surface area contributed by atoms with Gasteiger partial charge >= 0.3 is 6.03 Å². The van der Waals surface area contributed by atoms with Crippen molar-refractivity contribution >= 4 is 36.6 Å². The van der Waals surface area contributed by atoms with Crippen LogP contribution in [-0.2, 0) is 14.4 Å². The molecule has 3 amide bonds. The second-order valence-electron chi connectivity index (χ2n) is 12.6. The highest BCUT2D eigenvalue weighted by atomic mass is 32.2. The summed E-state index contributed by atoms with van der Waals surface area (Å²) in [6.45, 7) is 32.9. The molecule has 11 heteroatoms. The quantitative estimate of drug-likeness (QED) is 0.166. The lowest BCUT2D eigenvalue weighted by molar-refractivity contribution is -0.134. The number of aldehydes is 1.